The molecule has 0 aromatic rings. The van der Waals surface area contributed by atoms with E-state index in [0.717, 1.165) is 12.8 Å². The first-order valence-corrected chi connectivity index (χ1v) is 4.62. The number of rotatable bonds is 3. The van der Waals surface area contributed by atoms with Gasteiger partial charge < -0.3 is 5.32 Å². The third-order valence-corrected chi connectivity index (χ3v) is 1.97. The monoisotopic (exact) mass is 171 g/mol. The van der Waals surface area contributed by atoms with Crippen LogP contribution in [0.25, 0.3) is 0 Å². The molecule has 0 bridgehead atoms. The van der Waals surface area contributed by atoms with E-state index in [9.17, 15) is 4.79 Å². The Morgan fingerprint density at radius 2 is 1.92 bits per heavy atom. The zero-order valence-corrected chi connectivity index (χ0v) is 8.90. The normalized spacial score (nSPS) is 14.1. The van der Waals surface area contributed by atoms with Crippen LogP contribution in [0, 0.1) is 11.3 Å². The van der Waals surface area contributed by atoms with Crippen LogP contribution in [0.2, 0.25) is 0 Å². The van der Waals surface area contributed by atoms with Gasteiger partial charge in [0.15, 0.2) is 0 Å². The van der Waals surface area contributed by atoms with Crippen LogP contribution < -0.4 is 5.32 Å². The number of amides is 1. The SMILES string of the molecule is CCC(CC(C)(C)C)C(=O)NC. The number of carbonyl (C=O) groups is 1. The molecule has 2 nitrogen and oxygen atoms in total. The molecule has 0 aromatic carbocycles. The second-order valence-electron chi connectivity index (χ2n) is 4.48. The molecule has 1 N–H and O–H groups in total. The van der Waals surface area contributed by atoms with Gasteiger partial charge in [-0.25, -0.2) is 0 Å². The van der Waals surface area contributed by atoms with Gasteiger partial charge in [-0.3, -0.25) is 4.79 Å². The maximum Gasteiger partial charge on any atom is 0.222 e. The number of carbonyl (C=O) groups excluding carboxylic acids is 1. The van der Waals surface area contributed by atoms with Gasteiger partial charge in [0, 0.05) is 13.0 Å². The van der Waals surface area contributed by atoms with Gasteiger partial charge in [0.05, 0.1) is 0 Å². The Labute approximate surface area is 75.7 Å². The molecule has 12 heavy (non-hydrogen) atoms. The zero-order chi connectivity index (χ0) is 9.78. The smallest absolute Gasteiger partial charge is 0.222 e. The van der Waals surface area contributed by atoms with Gasteiger partial charge in [-0.2, -0.15) is 0 Å². The lowest BCUT2D eigenvalue weighted by Gasteiger charge is -2.23. The minimum Gasteiger partial charge on any atom is -0.359 e. The summed E-state index contributed by atoms with van der Waals surface area (Å²) in [5.74, 6) is 0.349. The van der Waals surface area contributed by atoms with E-state index >= 15 is 0 Å². The molecule has 0 saturated carbocycles. The highest BCUT2D eigenvalue weighted by atomic mass is 16.1. The molecule has 72 valence electrons. The highest BCUT2D eigenvalue weighted by molar-refractivity contribution is 5.78. The molecule has 0 saturated heterocycles. The minimum absolute atomic E-state index is 0.174. The summed E-state index contributed by atoms with van der Waals surface area (Å²) in [5.41, 5.74) is 0.243. The van der Waals surface area contributed by atoms with Crippen LogP contribution in [0.5, 0.6) is 0 Å². The van der Waals surface area contributed by atoms with E-state index in [2.05, 4.69) is 33.0 Å². The Morgan fingerprint density at radius 1 is 1.42 bits per heavy atom. The van der Waals surface area contributed by atoms with E-state index in [0.29, 0.717) is 0 Å². The Hall–Kier alpha value is -0.530. The van der Waals surface area contributed by atoms with Crippen molar-refractivity contribution in [2.24, 2.45) is 11.3 Å². The number of hydrogen-bond donors (Lipinski definition) is 1. The van der Waals surface area contributed by atoms with Gasteiger partial charge in [0.1, 0.15) is 0 Å². The fraction of sp³-hybridized carbons (Fsp3) is 0.900. The van der Waals surface area contributed by atoms with Crippen molar-refractivity contribution in [3.63, 3.8) is 0 Å². The van der Waals surface area contributed by atoms with Crippen molar-refractivity contribution in [3.8, 4) is 0 Å². The van der Waals surface area contributed by atoms with E-state index in [-0.39, 0.29) is 17.2 Å². The molecule has 1 unspecified atom stereocenters. The molecule has 0 aliphatic heterocycles. The summed E-state index contributed by atoms with van der Waals surface area (Å²) in [6.07, 6.45) is 1.89. The average Bonchev–Trinajstić information content (AvgIpc) is 1.97. The van der Waals surface area contributed by atoms with Crippen LogP contribution in [-0.2, 0) is 4.79 Å². The molecule has 1 atom stereocenters. The summed E-state index contributed by atoms with van der Waals surface area (Å²) < 4.78 is 0. The molecule has 0 radical (unpaired) electrons. The first kappa shape index (κ1) is 11.5. The minimum atomic E-state index is 0.174. The van der Waals surface area contributed by atoms with Crippen LogP contribution >= 0.6 is 0 Å². The van der Waals surface area contributed by atoms with Crippen molar-refractivity contribution in [2.45, 2.75) is 40.5 Å². The summed E-state index contributed by atoms with van der Waals surface area (Å²) in [4.78, 5) is 11.3. The predicted octanol–water partition coefficient (Wildman–Crippen LogP) is 2.19. The van der Waals surface area contributed by atoms with Crippen LogP contribution in [0.3, 0.4) is 0 Å². The average molecular weight is 171 g/mol. The van der Waals surface area contributed by atoms with E-state index in [1.54, 1.807) is 7.05 Å². The zero-order valence-electron chi connectivity index (χ0n) is 8.90. The van der Waals surface area contributed by atoms with Crippen molar-refractivity contribution in [3.05, 3.63) is 0 Å². The van der Waals surface area contributed by atoms with Gasteiger partial charge in [0.2, 0.25) is 5.91 Å². The summed E-state index contributed by atoms with van der Waals surface area (Å²) in [5, 5.41) is 2.70. The maximum absolute atomic E-state index is 11.3. The summed E-state index contributed by atoms with van der Waals surface area (Å²) >= 11 is 0. The molecular weight excluding hydrogens is 150 g/mol. The molecule has 0 aliphatic rings. The van der Waals surface area contributed by atoms with Crippen LogP contribution in [0.15, 0.2) is 0 Å². The molecule has 0 fully saturated rings. The van der Waals surface area contributed by atoms with Crippen molar-refractivity contribution in [2.75, 3.05) is 7.05 Å². The molecule has 2 heteroatoms. The van der Waals surface area contributed by atoms with Crippen LogP contribution in [0.1, 0.15) is 40.5 Å². The fourth-order valence-corrected chi connectivity index (χ4v) is 1.37. The van der Waals surface area contributed by atoms with E-state index in [1.165, 1.54) is 0 Å². The predicted molar refractivity (Wildman–Crippen MR) is 51.9 cm³/mol. The first-order valence-electron chi connectivity index (χ1n) is 4.62. The molecule has 0 aromatic heterocycles. The van der Waals surface area contributed by atoms with Crippen molar-refractivity contribution >= 4 is 5.91 Å². The lowest BCUT2D eigenvalue weighted by molar-refractivity contribution is -0.125. The summed E-state index contributed by atoms with van der Waals surface area (Å²) in [7, 11) is 1.70. The van der Waals surface area contributed by atoms with Crippen LogP contribution in [-0.4, -0.2) is 13.0 Å². The van der Waals surface area contributed by atoms with E-state index < -0.39 is 0 Å². The quantitative estimate of drug-likeness (QED) is 0.693. The molecule has 0 rings (SSSR count). The second kappa shape index (κ2) is 4.48. The molecule has 0 heterocycles. The molecule has 1 amide bonds. The van der Waals surface area contributed by atoms with Gasteiger partial charge >= 0.3 is 0 Å². The van der Waals surface area contributed by atoms with Gasteiger partial charge in [0.25, 0.3) is 0 Å². The summed E-state index contributed by atoms with van der Waals surface area (Å²) in [6, 6.07) is 0. The Kier molecular flexibility index (Phi) is 4.29. The van der Waals surface area contributed by atoms with Gasteiger partial charge in [-0.1, -0.05) is 27.7 Å². The van der Waals surface area contributed by atoms with Crippen molar-refractivity contribution in [1.29, 1.82) is 0 Å². The Bertz CT molecular complexity index is 146. The van der Waals surface area contributed by atoms with Gasteiger partial charge in [-0.05, 0) is 18.3 Å². The van der Waals surface area contributed by atoms with Crippen molar-refractivity contribution in [1.82, 2.24) is 5.32 Å². The lowest BCUT2D eigenvalue weighted by Crippen LogP contribution is -2.29. The lowest BCUT2D eigenvalue weighted by atomic mass is 9.83. The molecule has 0 aliphatic carbocycles. The second-order valence-corrected chi connectivity index (χ2v) is 4.48. The highest BCUT2D eigenvalue weighted by Crippen LogP contribution is 2.26. The van der Waals surface area contributed by atoms with Crippen molar-refractivity contribution < 1.29 is 4.79 Å². The third-order valence-electron chi connectivity index (χ3n) is 1.97. The Balaban J connectivity index is 4.09. The van der Waals surface area contributed by atoms with Crippen LogP contribution in [0.4, 0.5) is 0 Å². The van der Waals surface area contributed by atoms with E-state index in [4.69, 9.17) is 0 Å². The first-order chi connectivity index (χ1) is 5.40. The largest absolute Gasteiger partial charge is 0.359 e. The Morgan fingerprint density at radius 3 is 2.17 bits per heavy atom. The standard InChI is InChI=1S/C10H21NO/c1-6-8(9(12)11-5)7-10(2,3)4/h8H,6-7H2,1-5H3,(H,11,12). The number of hydrogen-bond acceptors (Lipinski definition) is 1. The topological polar surface area (TPSA) is 29.1 Å². The summed E-state index contributed by atoms with van der Waals surface area (Å²) in [6.45, 7) is 8.56. The highest BCUT2D eigenvalue weighted by Gasteiger charge is 2.22. The number of nitrogens with one attached hydrogen (secondary N) is 1. The molecular formula is C10H21NO. The fourth-order valence-electron chi connectivity index (χ4n) is 1.37. The third kappa shape index (κ3) is 4.37. The van der Waals surface area contributed by atoms with Gasteiger partial charge in [-0.15, -0.1) is 0 Å². The maximum atomic E-state index is 11.3. The molecule has 0 spiro atoms. The van der Waals surface area contributed by atoms with E-state index in [1.807, 2.05) is 0 Å².